The van der Waals surface area contributed by atoms with E-state index in [4.69, 9.17) is 5.11 Å². The molecule has 0 saturated heterocycles. The van der Waals surface area contributed by atoms with Crippen LogP contribution >= 0.6 is 0 Å². The van der Waals surface area contributed by atoms with Crippen LogP contribution < -0.4 is 10.6 Å². The predicted molar refractivity (Wildman–Crippen MR) is 90.6 cm³/mol. The molecule has 3 N–H and O–H groups in total. The van der Waals surface area contributed by atoms with E-state index in [9.17, 15) is 4.79 Å². The molecule has 23 heavy (non-hydrogen) atoms. The van der Waals surface area contributed by atoms with Crippen molar-refractivity contribution < 1.29 is 9.90 Å². The lowest BCUT2D eigenvalue weighted by Crippen LogP contribution is -2.22. The van der Waals surface area contributed by atoms with Crippen molar-refractivity contribution in [3.8, 4) is 0 Å². The van der Waals surface area contributed by atoms with E-state index >= 15 is 0 Å². The minimum Gasteiger partial charge on any atom is -0.394 e. The molecule has 0 spiro atoms. The van der Waals surface area contributed by atoms with Crippen LogP contribution in [0.15, 0.2) is 24.3 Å². The highest BCUT2D eigenvalue weighted by Gasteiger charge is 2.11. The second-order valence-electron chi connectivity index (χ2n) is 5.39. The van der Waals surface area contributed by atoms with E-state index in [1.54, 1.807) is 6.07 Å². The molecule has 1 aromatic carbocycles. The molecule has 6 nitrogen and oxygen atoms in total. The van der Waals surface area contributed by atoms with Crippen molar-refractivity contribution >= 4 is 11.6 Å². The summed E-state index contributed by atoms with van der Waals surface area (Å²) in [5, 5.41) is 19.6. The Morgan fingerprint density at radius 2 is 2.13 bits per heavy atom. The predicted octanol–water partition coefficient (Wildman–Crippen LogP) is 1.85. The summed E-state index contributed by atoms with van der Waals surface area (Å²) in [5.41, 5.74) is 4.64. The maximum Gasteiger partial charge on any atom is 0.251 e. The molecule has 1 amide bonds. The van der Waals surface area contributed by atoms with E-state index < -0.39 is 0 Å². The zero-order valence-electron chi connectivity index (χ0n) is 13.9. The first-order valence-electron chi connectivity index (χ1n) is 7.82. The minimum absolute atomic E-state index is 0.0701. The van der Waals surface area contributed by atoms with Gasteiger partial charge >= 0.3 is 0 Å². The van der Waals surface area contributed by atoms with E-state index in [1.165, 1.54) is 0 Å². The summed E-state index contributed by atoms with van der Waals surface area (Å²) >= 11 is 0. The molecule has 0 aliphatic rings. The summed E-state index contributed by atoms with van der Waals surface area (Å²) in [4.78, 5) is 11.9. The third-order valence-corrected chi connectivity index (χ3v) is 3.77. The second-order valence-corrected chi connectivity index (χ2v) is 5.39. The molecule has 0 radical (unpaired) electrons. The fourth-order valence-electron chi connectivity index (χ4n) is 2.53. The molecular formula is C17H24N4O2. The number of rotatable bonds is 7. The Bertz CT molecular complexity index is 679. The molecular weight excluding hydrogens is 292 g/mol. The Labute approximate surface area is 136 Å². The van der Waals surface area contributed by atoms with E-state index in [0.29, 0.717) is 25.2 Å². The Kier molecular flexibility index (Phi) is 5.76. The molecule has 6 heteroatoms. The van der Waals surface area contributed by atoms with Crippen molar-refractivity contribution in [2.24, 2.45) is 0 Å². The van der Waals surface area contributed by atoms with Crippen molar-refractivity contribution in [3.05, 3.63) is 46.8 Å². The van der Waals surface area contributed by atoms with Crippen LogP contribution in [0.4, 0.5) is 5.69 Å². The molecule has 1 aromatic heterocycles. The summed E-state index contributed by atoms with van der Waals surface area (Å²) < 4.78 is 1.82. The molecule has 0 saturated carbocycles. The third-order valence-electron chi connectivity index (χ3n) is 3.77. The zero-order chi connectivity index (χ0) is 16.8. The monoisotopic (exact) mass is 316 g/mol. The highest BCUT2D eigenvalue weighted by Crippen LogP contribution is 2.17. The fraction of sp³-hybridized carbons (Fsp3) is 0.412. The number of aliphatic hydroxyl groups is 1. The zero-order valence-corrected chi connectivity index (χ0v) is 13.9. The van der Waals surface area contributed by atoms with Crippen molar-refractivity contribution in [2.75, 3.05) is 18.5 Å². The molecule has 0 aliphatic heterocycles. The SMILES string of the molecule is CCNC(=O)c1cccc(NCc2c(C)nn(CCO)c2C)c1. The molecule has 2 rings (SSSR count). The molecule has 2 aromatic rings. The van der Waals surface area contributed by atoms with Crippen molar-refractivity contribution in [3.63, 3.8) is 0 Å². The summed E-state index contributed by atoms with van der Waals surface area (Å²) in [6.45, 7) is 7.67. The third kappa shape index (κ3) is 4.10. The highest BCUT2D eigenvalue weighted by atomic mass is 16.3. The van der Waals surface area contributed by atoms with Gasteiger partial charge in [0.15, 0.2) is 0 Å². The van der Waals surface area contributed by atoms with E-state index in [1.807, 2.05) is 43.7 Å². The number of nitrogens with one attached hydrogen (secondary N) is 2. The maximum absolute atomic E-state index is 11.9. The van der Waals surface area contributed by atoms with E-state index in [-0.39, 0.29) is 12.5 Å². The lowest BCUT2D eigenvalue weighted by atomic mass is 10.1. The fourth-order valence-corrected chi connectivity index (χ4v) is 2.53. The van der Waals surface area contributed by atoms with Gasteiger partial charge in [-0.3, -0.25) is 9.48 Å². The van der Waals surface area contributed by atoms with Crippen LogP contribution in [0.5, 0.6) is 0 Å². The van der Waals surface area contributed by atoms with Gasteiger partial charge in [0.1, 0.15) is 0 Å². The number of benzene rings is 1. The average Bonchev–Trinajstić information content (AvgIpc) is 2.80. The van der Waals surface area contributed by atoms with Gasteiger partial charge in [-0.25, -0.2) is 0 Å². The van der Waals surface area contributed by atoms with Gasteiger partial charge in [0.05, 0.1) is 18.8 Å². The molecule has 0 unspecified atom stereocenters. The number of amides is 1. The minimum atomic E-state index is -0.0701. The number of aliphatic hydroxyl groups excluding tert-OH is 1. The molecule has 0 aliphatic carbocycles. The standard InChI is InChI=1S/C17H24N4O2/c1-4-18-17(23)14-6-5-7-15(10-14)19-11-16-12(2)20-21(8-9-22)13(16)3/h5-7,10,19,22H,4,8-9,11H2,1-3H3,(H,18,23). The molecule has 0 atom stereocenters. The van der Waals surface area contributed by atoms with E-state index in [2.05, 4.69) is 15.7 Å². The van der Waals surface area contributed by atoms with Gasteiger partial charge < -0.3 is 15.7 Å². The van der Waals surface area contributed by atoms with Crippen molar-refractivity contribution in [2.45, 2.75) is 33.9 Å². The summed E-state index contributed by atoms with van der Waals surface area (Å²) in [6.07, 6.45) is 0. The van der Waals surface area contributed by atoms with Gasteiger partial charge in [0.2, 0.25) is 0 Å². The largest absolute Gasteiger partial charge is 0.394 e. The smallest absolute Gasteiger partial charge is 0.251 e. The molecule has 1 heterocycles. The average molecular weight is 316 g/mol. The lowest BCUT2D eigenvalue weighted by Gasteiger charge is -2.09. The van der Waals surface area contributed by atoms with Gasteiger partial charge in [-0.05, 0) is 39.0 Å². The van der Waals surface area contributed by atoms with Crippen LogP contribution in [0.3, 0.4) is 0 Å². The maximum atomic E-state index is 11.9. The van der Waals surface area contributed by atoms with Crippen LogP contribution in [0, 0.1) is 13.8 Å². The van der Waals surface area contributed by atoms with Crippen LogP contribution in [-0.2, 0) is 13.1 Å². The quantitative estimate of drug-likeness (QED) is 0.728. The summed E-state index contributed by atoms with van der Waals surface area (Å²) in [6, 6.07) is 7.44. The number of aromatic nitrogens is 2. The van der Waals surface area contributed by atoms with Gasteiger partial charge in [-0.15, -0.1) is 0 Å². The highest BCUT2D eigenvalue weighted by molar-refractivity contribution is 5.95. The number of nitrogens with zero attached hydrogens (tertiary/aromatic N) is 2. The Balaban J connectivity index is 2.09. The van der Waals surface area contributed by atoms with Crippen LogP contribution in [0.25, 0.3) is 0 Å². The molecule has 124 valence electrons. The first-order valence-corrected chi connectivity index (χ1v) is 7.82. The first-order chi connectivity index (χ1) is 11.1. The van der Waals surface area contributed by atoms with Crippen molar-refractivity contribution in [1.82, 2.24) is 15.1 Å². The lowest BCUT2D eigenvalue weighted by molar-refractivity contribution is 0.0956. The number of aryl methyl sites for hydroxylation is 1. The summed E-state index contributed by atoms with van der Waals surface area (Å²) in [5.74, 6) is -0.0701. The van der Waals surface area contributed by atoms with Gasteiger partial charge in [0.25, 0.3) is 5.91 Å². The second kappa shape index (κ2) is 7.78. The van der Waals surface area contributed by atoms with E-state index in [0.717, 1.165) is 22.6 Å². The number of anilines is 1. The Morgan fingerprint density at radius 1 is 1.35 bits per heavy atom. The summed E-state index contributed by atoms with van der Waals surface area (Å²) in [7, 11) is 0. The van der Waals surface area contributed by atoms with Crippen molar-refractivity contribution in [1.29, 1.82) is 0 Å². The van der Waals surface area contributed by atoms with Gasteiger partial charge in [-0.1, -0.05) is 6.07 Å². The number of hydrogen-bond donors (Lipinski definition) is 3. The van der Waals surface area contributed by atoms with Crippen LogP contribution in [-0.4, -0.2) is 33.9 Å². The van der Waals surface area contributed by atoms with Crippen LogP contribution in [0.1, 0.15) is 34.2 Å². The first kappa shape index (κ1) is 17.0. The molecule has 0 bridgehead atoms. The number of carbonyl (C=O) groups is 1. The Hall–Kier alpha value is -2.34. The molecule has 0 fully saturated rings. The van der Waals surface area contributed by atoms with Gasteiger partial charge in [0, 0.05) is 35.6 Å². The topological polar surface area (TPSA) is 79.2 Å². The van der Waals surface area contributed by atoms with Gasteiger partial charge in [-0.2, -0.15) is 5.10 Å². The normalized spacial score (nSPS) is 10.6. The number of carbonyl (C=O) groups excluding carboxylic acids is 1. The number of hydrogen-bond acceptors (Lipinski definition) is 4. The Morgan fingerprint density at radius 3 is 2.83 bits per heavy atom. The van der Waals surface area contributed by atoms with Crippen LogP contribution in [0.2, 0.25) is 0 Å².